The predicted octanol–water partition coefficient (Wildman–Crippen LogP) is 6.51. The minimum absolute atomic E-state index is 0.494. The third-order valence-corrected chi connectivity index (χ3v) is 6.25. The van der Waals surface area contributed by atoms with Crippen LogP contribution >= 0.6 is 27.5 Å². The molecular formula is C17H25BrClN. The highest BCUT2D eigenvalue weighted by atomic mass is 79.9. The highest BCUT2D eigenvalue weighted by Crippen LogP contribution is 2.41. The van der Waals surface area contributed by atoms with Gasteiger partial charge in [0, 0.05) is 16.2 Å². The van der Waals surface area contributed by atoms with E-state index in [0.29, 0.717) is 11.5 Å². The molecule has 1 fully saturated rings. The molecule has 0 aromatic heterocycles. The summed E-state index contributed by atoms with van der Waals surface area (Å²) in [4.78, 5) is 0. The molecule has 20 heavy (non-hydrogen) atoms. The van der Waals surface area contributed by atoms with Crippen molar-refractivity contribution in [1.29, 1.82) is 0 Å². The molecule has 0 amide bonds. The van der Waals surface area contributed by atoms with E-state index in [1.54, 1.807) is 0 Å². The monoisotopic (exact) mass is 357 g/mol. The molecule has 0 unspecified atom stereocenters. The molecule has 1 N–H and O–H groups in total. The molecule has 1 aromatic rings. The number of halogens is 2. The van der Waals surface area contributed by atoms with Gasteiger partial charge in [-0.3, -0.25) is 0 Å². The number of nitrogens with one attached hydrogen (secondary N) is 1. The maximum atomic E-state index is 6.03. The largest absolute Gasteiger partial charge is 0.382 e. The number of hydrogen-bond donors (Lipinski definition) is 1. The predicted molar refractivity (Wildman–Crippen MR) is 92.6 cm³/mol. The highest BCUT2D eigenvalue weighted by Gasteiger charge is 2.31. The van der Waals surface area contributed by atoms with Gasteiger partial charge in [-0.1, -0.05) is 38.8 Å². The maximum absolute atomic E-state index is 6.03. The first-order valence-electron chi connectivity index (χ1n) is 7.64. The standard InChI is InChI=1S/C17H25BrClN/c1-4-17(2,3)12-5-7-13(8-6-12)20-14-9-10-16(19)15(18)11-14/h9-13,20H,4-8H2,1-3H3. The van der Waals surface area contributed by atoms with Gasteiger partial charge in [0.25, 0.3) is 0 Å². The van der Waals surface area contributed by atoms with Crippen molar-refractivity contribution in [2.24, 2.45) is 11.3 Å². The molecule has 112 valence electrons. The quantitative estimate of drug-likeness (QED) is 0.647. The first-order chi connectivity index (χ1) is 9.42. The molecule has 0 bridgehead atoms. The van der Waals surface area contributed by atoms with Crippen molar-refractivity contribution in [2.75, 3.05) is 5.32 Å². The molecule has 0 spiro atoms. The summed E-state index contributed by atoms with van der Waals surface area (Å²) >= 11 is 9.52. The van der Waals surface area contributed by atoms with Gasteiger partial charge in [-0.05, 0) is 71.1 Å². The van der Waals surface area contributed by atoms with E-state index in [2.05, 4.69) is 54.2 Å². The van der Waals surface area contributed by atoms with E-state index in [1.165, 1.54) is 37.8 Å². The van der Waals surface area contributed by atoms with E-state index in [1.807, 2.05) is 6.07 Å². The van der Waals surface area contributed by atoms with E-state index in [9.17, 15) is 0 Å². The van der Waals surface area contributed by atoms with Crippen molar-refractivity contribution in [2.45, 2.75) is 58.9 Å². The molecule has 1 saturated carbocycles. The Morgan fingerprint density at radius 3 is 2.45 bits per heavy atom. The minimum atomic E-state index is 0.494. The minimum Gasteiger partial charge on any atom is -0.382 e. The summed E-state index contributed by atoms with van der Waals surface area (Å²) in [5.41, 5.74) is 1.66. The van der Waals surface area contributed by atoms with Gasteiger partial charge in [-0.2, -0.15) is 0 Å². The van der Waals surface area contributed by atoms with E-state index < -0.39 is 0 Å². The zero-order valence-electron chi connectivity index (χ0n) is 12.7. The molecular weight excluding hydrogens is 334 g/mol. The second-order valence-corrected chi connectivity index (χ2v) is 7.93. The lowest BCUT2D eigenvalue weighted by Crippen LogP contribution is -2.32. The average Bonchev–Trinajstić information content (AvgIpc) is 2.43. The Balaban J connectivity index is 1.90. The van der Waals surface area contributed by atoms with Crippen molar-refractivity contribution in [3.8, 4) is 0 Å². The van der Waals surface area contributed by atoms with Crippen LogP contribution in [-0.2, 0) is 0 Å². The fraction of sp³-hybridized carbons (Fsp3) is 0.647. The van der Waals surface area contributed by atoms with E-state index in [0.717, 1.165) is 15.4 Å². The zero-order valence-corrected chi connectivity index (χ0v) is 15.0. The van der Waals surface area contributed by atoms with Crippen molar-refractivity contribution in [1.82, 2.24) is 0 Å². The van der Waals surface area contributed by atoms with Gasteiger partial charge in [0.2, 0.25) is 0 Å². The Bertz CT molecular complexity index is 450. The summed E-state index contributed by atoms with van der Waals surface area (Å²) in [6, 6.07) is 6.69. The number of hydrogen-bond acceptors (Lipinski definition) is 1. The second kappa shape index (κ2) is 6.70. The first kappa shape index (κ1) is 16.2. The van der Waals surface area contributed by atoms with Crippen molar-refractivity contribution < 1.29 is 0 Å². The maximum Gasteiger partial charge on any atom is 0.0549 e. The van der Waals surface area contributed by atoms with Crippen LogP contribution in [0.2, 0.25) is 5.02 Å². The van der Waals surface area contributed by atoms with E-state index in [-0.39, 0.29) is 0 Å². The summed E-state index contributed by atoms with van der Waals surface area (Å²) in [5, 5.41) is 4.42. The fourth-order valence-corrected chi connectivity index (χ4v) is 3.63. The number of rotatable bonds is 4. The molecule has 0 heterocycles. The van der Waals surface area contributed by atoms with Crippen LogP contribution in [0.15, 0.2) is 22.7 Å². The van der Waals surface area contributed by atoms with Crippen LogP contribution in [0, 0.1) is 11.3 Å². The normalized spacial score (nSPS) is 23.6. The molecule has 0 aliphatic heterocycles. The molecule has 0 radical (unpaired) electrons. The highest BCUT2D eigenvalue weighted by molar-refractivity contribution is 9.10. The van der Waals surface area contributed by atoms with Crippen LogP contribution in [0.3, 0.4) is 0 Å². The second-order valence-electron chi connectivity index (χ2n) is 6.66. The van der Waals surface area contributed by atoms with E-state index in [4.69, 9.17) is 11.6 Å². The summed E-state index contributed by atoms with van der Waals surface area (Å²) in [6.45, 7) is 7.15. The molecule has 0 saturated heterocycles. The van der Waals surface area contributed by atoms with Gasteiger partial charge >= 0.3 is 0 Å². The summed E-state index contributed by atoms with van der Waals surface area (Å²) in [6.07, 6.45) is 6.50. The summed E-state index contributed by atoms with van der Waals surface area (Å²) < 4.78 is 0.963. The van der Waals surface area contributed by atoms with Crippen molar-refractivity contribution in [3.05, 3.63) is 27.7 Å². The van der Waals surface area contributed by atoms with Gasteiger partial charge < -0.3 is 5.32 Å². The SMILES string of the molecule is CCC(C)(C)C1CCC(Nc2ccc(Cl)c(Br)c2)CC1. The number of benzene rings is 1. The van der Waals surface area contributed by atoms with Crippen molar-refractivity contribution >= 4 is 33.2 Å². The smallest absolute Gasteiger partial charge is 0.0549 e. The summed E-state index contributed by atoms with van der Waals surface area (Å²) in [7, 11) is 0. The average molecular weight is 359 g/mol. The Morgan fingerprint density at radius 2 is 1.90 bits per heavy atom. The Hall–Kier alpha value is -0.210. The van der Waals surface area contributed by atoms with Crippen LogP contribution in [0.5, 0.6) is 0 Å². The lowest BCUT2D eigenvalue weighted by molar-refractivity contribution is 0.147. The van der Waals surface area contributed by atoms with Crippen LogP contribution in [0.25, 0.3) is 0 Å². The molecule has 0 atom stereocenters. The van der Waals surface area contributed by atoms with Gasteiger partial charge in [0.05, 0.1) is 5.02 Å². The molecule has 2 rings (SSSR count). The molecule has 1 aliphatic carbocycles. The number of anilines is 1. The lowest BCUT2D eigenvalue weighted by Gasteiger charge is -2.39. The third kappa shape index (κ3) is 3.92. The summed E-state index contributed by atoms with van der Waals surface area (Å²) in [5.74, 6) is 0.877. The van der Waals surface area contributed by atoms with Crippen LogP contribution < -0.4 is 5.32 Å². The van der Waals surface area contributed by atoms with Gasteiger partial charge in [0.15, 0.2) is 0 Å². The van der Waals surface area contributed by atoms with Crippen LogP contribution in [-0.4, -0.2) is 6.04 Å². The first-order valence-corrected chi connectivity index (χ1v) is 8.81. The third-order valence-electron chi connectivity index (χ3n) is 5.03. The van der Waals surface area contributed by atoms with Crippen molar-refractivity contribution in [3.63, 3.8) is 0 Å². The topological polar surface area (TPSA) is 12.0 Å². The van der Waals surface area contributed by atoms with Crippen LogP contribution in [0.4, 0.5) is 5.69 Å². The molecule has 1 aliphatic rings. The molecule has 3 heteroatoms. The van der Waals surface area contributed by atoms with Crippen LogP contribution in [0.1, 0.15) is 52.9 Å². The van der Waals surface area contributed by atoms with Gasteiger partial charge in [-0.15, -0.1) is 0 Å². The lowest BCUT2D eigenvalue weighted by atomic mass is 9.69. The van der Waals surface area contributed by atoms with Gasteiger partial charge in [-0.25, -0.2) is 0 Å². The fourth-order valence-electron chi connectivity index (χ4n) is 3.13. The zero-order chi connectivity index (χ0) is 14.8. The molecule has 1 nitrogen and oxygen atoms in total. The van der Waals surface area contributed by atoms with E-state index >= 15 is 0 Å². The Kier molecular flexibility index (Phi) is 5.42. The Labute approximate surface area is 136 Å². The van der Waals surface area contributed by atoms with Gasteiger partial charge in [0.1, 0.15) is 0 Å². The molecule has 1 aromatic carbocycles. The Morgan fingerprint density at radius 1 is 1.25 bits per heavy atom.